The molecule has 0 N–H and O–H groups in total. The van der Waals surface area contributed by atoms with E-state index in [1.807, 2.05) is 23.6 Å². The highest BCUT2D eigenvalue weighted by molar-refractivity contribution is 7.10. The average molecular weight is 162 g/mol. The summed E-state index contributed by atoms with van der Waals surface area (Å²) in [6.07, 6.45) is 0.289. The Bertz CT molecular complexity index is 289. The molecule has 0 aromatic carbocycles. The molecule has 0 aliphatic carbocycles. The molecular weight excluding hydrogens is 156 g/mol. The third-order valence-corrected chi connectivity index (χ3v) is 2.32. The highest BCUT2D eigenvalue weighted by atomic mass is 32.1. The molecule has 0 radical (unpaired) electrons. The third kappa shape index (κ3) is 1.80. The third-order valence-electron chi connectivity index (χ3n) is 1.34. The Labute approximate surface area is 69.3 Å². The molecule has 0 spiro atoms. The fourth-order valence-electron chi connectivity index (χ4n) is 0.791. The van der Waals surface area contributed by atoms with Crippen LogP contribution in [-0.4, -0.2) is 0 Å². The van der Waals surface area contributed by atoms with Crippen molar-refractivity contribution in [2.45, 2.75) is 12.3 Å². The van der Waals surface area contributed by atoms with Crippen molar-refractivity contribution in [3.8, 4) is 12.1 Å². The van der Waals surface area contributed by atoms with Crippen molar-refractivity contribution in [1.82, 2.24) is 0 Å². The maximum atomic E-state index is 8.63. The minimum Gasteiger partial charge on any atom is -0.198 e. The predicted octanol–water partition coefficient (Wildman–Crippen LogP) is 2.27. The monoisotopic (exact) mass is 162 g/mol. The molecule has 1 rings (SSSR count). The molecule has 1 aromatic heterocycles. The van der Waals surface area contributed by atoms with Crippen molar-refractivity contribution in [2.24, 2.45) is 0 Å². The number of rotatable bonds is 2. The van der Waals surface area contributed by atoms with Gasteiger partial charge in [-0.2, -0.15) is 10.5 Å². The van der Waals surface area contributed by atoms with Crippen LogP contribution in [0.15, 0.2) is 17.5 Å². The van der Waals surface area contributed by atoms with Crippen molar-refractivity contribution in [1.29, 1.82) is 10.5 Å². The van der Waals surface area contributed by atoms with Gasteiger partial charge in [-0.1, -0.05) is 6.07 Å². The van der Waals surface area contributed by atoms with Gasteiger partial charge in [-0.3, -0.25) is 0 Å². The first-order chi connectivity index (χ1) is 5.38. The van der Waals surface area contributed by atoms with E-state index in [0.29, 0.717) is 0 Å². The van der Waals surface area contributed by atoms with E-state index in [2.05, 4.69) is 6.07 Å². The van der Waals surface area contributed by atoms with Gasteiger partial charge in [-0.15, -0.1) is 11.3 Å². The van der Waals surface area contributed by atoms with Crippen LogP contribution in [-0.2, 0) is 0 Å². The Morgan fingerprint density at radius 2 is 2.36 bits per heavy atom. The van der Waals surface area contributed by atoms with Crippen LogP contribution in [0, 0.1) is 22.7 Å². The lowest BCUT2D eigenvalue weighted by Crippen LogP contribution is -1.89. The van der Waals surface area contributed by atoms with Crippen LogP contribution in [0.1, 0.15) is 17.2 Å². The van der Waals surface area contributed by atoms with Gasteiger partial charge in [0.25, 0.3) is 0 Å². The van der Waals surface area contributed by atoms with Crippen LogP contribution < -0.4 is 0 Å². The average Bonchev–Trinajstić information content (AvgIpc) is 2.52. The van der Waals surface area contributed by atoms with Crippen molar-refractivity contribution < 1.29 is 0 Å². The van der Waals surface area contributed by atoms with Gasteiger partial charge in [0.15, 0.2) is 0 Å². The Balaban J connectivity index is 2.75. The summed E-state index contributed by atoms with van der Waals surface area (Å²) in [6, 6.07) is 7.86. The van der Waals surface area contributed by atoms with Crippen LogP contribution in [0.2, 0.25) is 0 Å². The molecule has 3 heteroatoms. The van der Waals surface area contributed by atoms with Crippen LogP contribution in [0.25, 0.3) is 0 Å². The lowest BCUT2D eigenvalue weighted by molar-refractivity contribution is 0.908. The molecule has 11 heavy (non-hydrogen) atoms. The number of nitriles is 2. The highest BCUT2D eigenvalue weighted by Crippen LogP contribution is 2.22. The van der Waals surface area contributed by atoms with E-state index in [1.54, 1.807) is 0 Å². The maximum Gasteiger partial charge on any atom is 0.0935 e. The number of nitrogens with zero attached hydrogens (tertiary/aromatic N) is 2. The molecule has 0 bridgehead atoms. The molecule has 1 unspecified atom stereocenters. The van der Waals surface area contributed by atoms with Gasteiger partial charge in [0.05, 0.1) is 24.5 Å². The molecule has 0 fully saturated rings. The summed E-state index contributed by atoms with van der Waals surface area (Å²) >= 11 is 1.52. The summed E-state index contributed by atoms with van der Waals surface area (Å²) in [6.45, 7) is 0. The molecule has 0 saturated heterocycles. The molecule has 0 amide bonds. The van der Waals surface area contributed by atoms with Crippen LogP contribution in [0.3, 0.4) is 0 Å². The summed E-state index contributed by atoms with van der Waals surface area (Å²) in [7, 11) is 0. The van der Waals surface area contributed by atoms with E-state index in [9.17, 15) is 0 Å². The van der Waals surface area contributed by atoms with Gasteiger partial charge in [0.1, 0.15) is 0 Å². The number of hydrogen-bond acceptors (Lipinski definition) is 3. The standard InChI is InChI=1S/C8H6N2S/c9-4-3-7(6-10)8-2-1-5-11-8/h1-2,5,7H,3H2. The first-order valence-corrected chi connectivity index (χ1v) is 4.06. The van der Waals surface area contributed by atoms with Gasteiger partial charge in [-0.05, 0) is 11.4 Å². The Morgan fingerprint density at radius 3 is 2.82 bits per heavy atom. The highest BCUT2D eigenvalue weighted by Gasteiger charge is 2.09. The Morgan fingerprint density at radius 1 is 1.55 bits per heavy atom. The van der Waals surface area contributed by atoms with E-state index in [4.69, 9.17) is 10.5 Å². The van der Waals surface area contributed by atoms with Crippen LogP contribution in [0.4, 0.5) is 0 Å². The summed E-state index contributed by atoms with van der Waals surface area (Å²) in [4.78, 5) is 0.981. The summed E-state index contributed by atoms with van der Waals surface area (Å²) in [5.41, 5.74) is 0. The van der Waals surface area contributed by atoms with E-state index in [0.717, 1.165) is 4.88 Å². The number of hydrogen-bond donors (Lipinski definition) is 0. The fraction of sp³-hybridized carbons (Fsp3) is 0.250. The van der Waals surface area contributed by atoms with Gasteiger partial charge < -0.3 is 0 Å². The summed E-state index contributed by atoms with van der Waals surface area (Å²) < 4.78 is 0. The van der Waals surface area contributed by atoms with Crippen molar-refractivity contribution in [3.05, 3.63) is 22.4 Å². The smallest absolute Gasteiger partial charge is 0.0935 e. The molecule has 0 saturated carbocycles. The van der Waals surface area contributed by atoms with E-state index >= 15 is 0 Å². The van der Waals surface area contributed by atoms with Gasteiger partial charge in [-0.25, -0.2) is 0 Å². The normalized spacial score (nSPS) is 11.5. The Kier molecular flexibility index (Phi) is 2.66. The molecule has 1 atom stereocenters. The first-order valence-electron chi connectivity index (χ1n) is 3.18. The molecule has 1 heterocycles. The van der Waals surface area contributed by atoms with Crippen molar-refractivity contribution >= 4 is 11.3 Å². The number of thiophene rings is 1. The van der Waals surface area contributed by atoms with Gasteiger partial charge >= 0.3 is 0 Å². The largest absolute Gasteiger partial charge is 0.198 e. The lowest BCUT2D eigenvalue weighted by atomic mass is 10.1. The Hall–Kier alpha value is -1.32. The fourth-order valence-corrected chi connectivity index (χ4v) is 1.56. The van der Waals surface area contributed by atoms with Crippen molar-refractivity contribution in [3.63, 3.8) is 0 Å². The molecule has 1 aromatic rings. The minimum absolute atomic E-state index is 0.236. The topological polar surface area (TPSA) is 47.6 Å². The summed E-state index contributed by atoms with van der Waals surface area (Å²) in [5.74, 6) is -0.236. The zero-order valence-corrected chi connectivity index (χ0v) is 6.64. The minimum atomic E-state index is -0.236. The van der Waals surface area contributed by atoms with E-state index in [1.165, 1.54) is 11.3 Å². The molecule has 0 aliphatic heterocycles. The van der Waals surface area contributed by atoms with Gasteiger partial charge in [0.2, 0.25) is 0 Å². The molecule has 54 valence electrons. The first kappa shape index (κ1) is 7.78. The quantitative estimate of drug-likeness (QED) is 0.669. The zero-order chi connectivity index (χ0) is 8.10. The second kappa shape index (κ2) is 3.75. The SMILES string of the molecule is N#CCC(C#N)c1cccs1. The molecule has 2 nitrogen and oxygen atoms in total. The summed E-state index contributed by atoms with van der Waals surface area (Å²) in [5, 5.41) is 18.9. The van der Waals surface area contributed by atoms with Crippen LogP contribution >= 0.6 is 11.3 Å². The molecular formula is C8H6N2S. The van der Waals surface area contributed by atoms with Gasteiger partial charge in [0, 0.05) is 4.88 Å². The van der Waals surface area contributed by atoms with E-state index in [-0.39, 0.29) is 12.3 Å². The maximum absolute atomic E-state index is 8.63. The van der Waals surface area contributed by atoms with E-state index < -0.39 is 0 Å². The van der Waals surface area contributed by atoms with Crippen molar-refractivity contribution in [2.75, 3.05) is 0 Å². The van der Waals surface area contributed by atoms with Crippen LogP contribution in [0.5, 0.6) is 0 Å². The second-order valence-electron chi connectivity index (χ2n) is 2.06. The molecule has 0 aliphatic rings. The second-order valence-corrected chi connectivity index (χ2v) is 3.04. The lowest BCUT2D eigenvalue weighted by Gasteiger charge is -1.97. The predicted molar refractivity (Wildman–Crippen MR) is 42.9 cm³/mol. The zero-order valence-electron chi connectivity index (χ0n) is 5.82.